The second-order valence-corrected chi connectivity index (χ2v) is 12.2. The number of anilines is 1. The SMILES string of the molecule is CC1C=CCC2C(=O)N(c3ccc(-c4cc(C(=O)OCC(=O)c5ccc(Cl)c([N+](=O)[O-])c5)c5cc(Br)ccc5n4)cc3)C(=O)C12. The van der Waals surface area contributed by atoms with Crippen molar-refractivity contribution in [1.82, 2.24) is 4.98 Å². The number of rotatable bonds is 7. The number of Topliss-reactive ketones (excluding diaryl/α,β-unsaturated/α-hetero) is 1. The van der Waals surface area contributed by atoms with Crippen molar-refractivity contribution in [2.24, 2.45) is 17.8 Å². The van der Waals surface area contributed by atoms with Gasteiger partial charge in [0.2, 0.25) is 17.6 Å². The smallest absolute Gasteiger partial charge is 0.339 e. The fraction of sp³-hybridized carbons (Fsp3) is 0.182. The summed E-state index contributed by atoms with van der Waals surface area (Å²) in [5.41, 5.74) is 1.68. The molecule has 3 atom stereocenters. The van der Waals surface area contributed by atoms with Crippen LogP contribution in [0.15, 0.2) is 83.4 Å². The van der Waals surface area contributed by atoms with E-state index in [-0.39, 0.29) is 45.7 Å². The molecule has 2 aliphatic rings. The third-order valence-electron chi connectivity index (χ3n) is 8.08. The molecule has 1 aromatic heterocycles. The highest BCUT2D eigenvalue weighted by Gasteiger charge is 2.50. The number of hydrogen-bond acceptors (Lipinski definition) is 8. The molecule has 0 N–H and O–H groups in total. The number of fused-ring (bicyclic) bond motifs is 2. The van der Waals surface area contributed by atoms with Gasteiger partial charge in [-0.2, -0.15) is 0 Å². The van der Waals surface area contributed by atoms with Crippen LogP contribution in [0.25, 0.3) is 22.2 Å². The van der Waals surface area contributed by atoms with Gasteiger partial charge in [-0.05, 0) is 60.9 Å². The lowest BCUT2D eigenvalue weighted by Crippen LogP contribution is -2.31. The monoisotopic (exact) mass is 687 g/mol. The molecule has 1 fully saturated rings. The second kappa shape index (κ2) is 12.0. The summed E-state index contributed by atoms with van der Waals surface area (Å²) in [6, 6.07) is 17.1. The van der Waals surface area contributed by atoms with E-state index in [0.29, 0.717) is 38.7 Å². The minimum absolute atomic E-state index is 0.0236. The maximum Gasteiger partial charge on any atom is 0.339 e. The van der Waals surface area contributed by atoms with Crippen LogP contribution < -0.4 is 4.90 Å². The van der Waals surface area contributed by atoms with Gasteiger partial charge in [-0.3, -0.25) is 29.4 Å². The molecule has 2 amide bonds. The lowest BCUT2D eigenvalue weighted by atomic mass is 9.78. The van der Waals surface area contributed by atoms with Crippen LogP contribution in [-0.2, 0) is 14.3 Å². The molecule has 1 aliphatic carbocycles. The summed E-state index contributed by atoms with van der Waals surface area (Å²) in [6.07, 6.45) is 4.47. The fourth-order valence-corrected chi connectivity index (χ4v) is 6.36. The number of imide groups is 1. The first-order chi connectivity index (χ1) is 21.5. The number of benzene rings is 3. The number of amides is 2. The Balaban J connectivity index is 1.27. The minimum atomic E-state index is -0.797. The molecule has 1 saturated heterocycles. The summed E-state index contributed by atoms with van der Waals surface area (Å²) < 4.78 is 6.05. The molecule has 226 valence electrons. The van der Waals surface area contributed by atoms with Gasteiger partial charge < -0.3 is 4.74 Å². The molecule has 3 aromatic carbocycles. The second-order valence-electron chi connectivity index (χ2n) is 10.9. The molecule has 3 unspecified atom stereocenters. The van der Waals surface area contributed by atoms with Gasteiger partial charge in [0.1, 0.15) is 5.02 Å². The summed E-state index contributed by atoms with van der Waals surface area (Å²) in [4.78, 5) is 68.9. The van der Waals surface area contributed by atoms with E-state index in [4.69, 9.17) is 21.3 Å². The number of carbonyl (C=O) groups is 4. The van der Waals surface area contributed by atoms with Crippen LogP contribution >= 0.6 is 27.5 Å². The fourth-order valence-electron chi connectivity index (χ4n) is 5.82. The van der Waals surface area contributed by atoms with Gasteiger partial charge in [0, 0.05) is 27.1 Å². The Morgan fingerprint density at radius 2 is 1.82 bits per heavy atom. The molecule has 0 spiro atoms. The molecule has 2 heterocycles. The molecule has 4 aromatic rings. The van der Waals surface area contributed by atoms with E-state index in [9.17, 15) is 29.3 Å². The van der Waals surface area contributed by atoms with E-state index < -0.39 is 29.0 Å². The topological polar surface area (TPSA) is 137 Å². The highest BCUT2D eigenvalue weighted by molar-refractivity contribution is 9.10. The van der Waals surface area contributed by atoms with Crippen LogP contribution in [0.5, 0.6) is 0 Å². The number of halogens is 2. The van der Waals surface area contributed by atoms with Crippen molar-refractivity contribution in [3.05, 3.63) is 110 Å². The number of ketones is 1. The van der Waals surface area contributed by atoms with Crippen LogP contribution in [0.4, 0.5) is 11.4 Å². The summed E-state index contributed by atoms with van der Waals surface area (Å²) in [5.74, 6) is -2.63. The van der Waals surface area contributed by atoms with Gasteiger partial charge in [-0.25, -0.2) is 9.78 Å². The number of allylic oxidation sites excluding steroid dienone is 2. The summed E-state index contributed by atoms with van der Waals surface area (Å²) in [6.45, 7) is 1.28. The van der Waals surface area contributed by atoms with Crippen molar-refractivity contribution in [1.29, 1.82) is 0 Å². The van der Waals surface area contributed by atoms with E-state index >= 15 is 0 Å². The average molecular weight is 689 g/mol. The number of esters is 1. The standard InChI is InChI=1S/C33H23BrClN3O7/c1-17-3-2-4-22-30(17)32(41)37(31(22)40)21-9-5-18(6-10-21)27-15-24(23-14-20(34)8-12-26(23)36-27)33(42)45-16-29(39)19-7-11-25(35)28(13-19)38(43)44/h2-3,5-15,17,22,30H,4,16H2,1H3. The highest BCUT2D eigenvalue weighted by atomic mass is 79.9. The zero-order valence-electron chi connectivity index (χ0n) is 23.6. The van der Waals surface area contributed by atoms with E-state index in [1.54, 1.807) is 42.5 Å². The van der Waals surface area contributed by atoms with Crippen molar-refractivity contribution in [2.45, 2.75) is 13.3 Å². The molecule has 6 rings (SSSR count). The van der Waals surface area contributed by atoms with E-state index in [1.165, 1.54) is 23.1 Å². The van der Waals surface area contributed by atoms with Crippen LogP contribution in [0, 0.1) is 27.9 Å². The average Bonchev–Trinajstić information content (AvgIpc) is 3.29. The highest BCUT2D eigenvalue weighted by Crippen LogP contribution is 2.41. The lowest BCUT2D eigenvalue weighted by Gasteiger charge is -2.22. The van der Waals surface area contributed by atoms with Gasteiger partial charge in [-0.1, -0.05) is 58.7 Å². The zero-order chi connectivity index (χ0) is 32.0. The summed E-state index contributed by atoms with van der Waals surface area (Å²) in [5, 5.41) is 11.6. The number of nitro groups is 1. The largest absolute Gasteiger partial charge is 0.454 e. The molecular weight excluding hydrogens is 666 g/mol. The van der Waals surface area contributed by atoms with E-state index in [2.05, 4.69) is 15.9 Å². The Morgan fingerprint density at radius 3 is 2.53 bits per heavy atom. The summed E-state index contributed by atoms with van der Waals surface area (Å²) in [7, 11) is 0. The van der Waals surface area contributed by atoms with Crippen LogP contribution in [-0.4, -0.2) is 40.1 Å². The van der Waals surface area contributed by atoms with Gasteiger partial charge in [0.15, 0.2) is 6.61 Å². The molecule has 1 aliphatic heterocycles. The molecule has 0 saturated carbocycles. The van der Waals surface area contributed by atoms with Crippen molar-refractivity contribution in [3.8, 4) is 11.3 Å². The zero-order valence-corrected chi connectivity index (χ0v) is 25.9. The minimum Gasteiger partial charge on any atom is -0.454 e. The first kappa shape index (κ1) is 30.3. The first-order valence-electron chi connectivity index (χ1n) is 13.9. The van der Waals surface area contributed by atoms with Crippen molar-refractivity contribution >= 4 is 73.4 Å². The van der Waals surface area contributed by atoms with E-state index in [0.717, 1.165) is 6.07 Å². The number of nitro benzene ring substituents is 1. The molecule has 0 bridgehead atoms. The summed E-state index contributed by atoms with van der Waals surface area (Å²) >= 11 is 9.25. The number of hydrogen-bond donors (Lipinski definition) is 0. The Hall–Kier alpha value is -4.74. The van der Waals surface area contributed by atoms with Crippen LogP contribution in [0.1, 0.15) is 34.1 Å². The van der Waals surface area contributed by atoms with E-state index in [1.807, 2.05) is 19.1 Å². The molecular formula is C33H23BrClN3O7. The van der Waals surface area contributed by atoms with Gasteiger partial charge in [0.25, 0.3) is 5.69 Å². The molecule has 45 heavy (non-hydrogen) atoms. The van der Waals surface area contributed by atoms with Crippen LogP contribution in [0.3, 0.4) is 0 Å². The van der Waals surface area contributed by atoms with Crippen LogP contribution in [0.2, 0.25) is 5.02 Å². The third-order valence-corrected chi connectivity index (χ3v) is 8.90. The quantitative estimate of drug-likeness (QED) is 0.0507. The molecule has 0 radical (unpaired) electrons. The predicted octanol–water partition coefficient (Wildman–Crippen LogP) is 6.97. The predicted molar refractivity (Wildman–Crippen MR) is 170 cm³/mol. The molecule has 10 nitrogen and oxygen atoms in total. The van der Waals surface area contributed by atoms with Gasteiger partial charge in [-0.15, -0.1) is 0 Å². The maximum absolute atomic E-state index is 13.3. The maximum atomic E-state index is 13.3. The number of pyridine rings is 1. The third kappa shape index (κ3) is 5.65. The number of carbonyl (C=O) groups excluding carboxylic acids is 4. The Morgan fingerprint density at radius 1 is 1.07 bits per heavy atom. The van der Waals surface area contributed by atoms with Crippen molar-refractivity contribution in [2.75, 3.05) is 11.5 Å². The Bertz CT molecular complexity index is 1960. The van der Waals surface area contributed by atoms with Crippen molar-refractivity contribution in [3.63, 3.8) is 0 Å². The number of ether oxygens (including phenoxy) is 1. The number of nitrogens with zero attached hydrogens (tertiary/aromatic N) is 3. The van der Waals surface area contributed by atoms with Gasteiger partial charge >= 0.3 is 5.97 Å². The Labute approximate surface area is 269 Å². The normalized spacial score (nSPS) is 19.1. The lowest BCUT2D eigenvalue weighted by molar-refractivity contribution is -0.384. The van der Waals surface area contributed by atoms with Crippen molar-refractivity contribution < 1.29 is 28.8 Å². The first-order valence-corrected chi connectivity index (χ1v) is 15.1. The molecule has 12 heteroatoms. The Kier molecular flexibility index (Phi) is 8.07. The van der Waals surface area contributed by atoms with Gasteiger partial charge in [0.05, 0.1) is 39.2 Å². The number of aromatic nitrogens is 1.